The van der Waals surface area contributed by atoms with E-state index in [4.69, 9.17) is 9.47 Å². The van der Waals surface area contributed by atoms with Crippen LogP contribution in [0.2, 0.25) is 0 Å². The molecule has 1 aromatic carbocycles. The molecule has 1 aliphatic heterocycles. The van der Waals surface area contributed by atoms with Crippen LogP contribution >= 0.6 is 0 Å². The maximum Gasteiger partial charge on any atom is 0.410 e. The van der Waals surface area contributed by atoms with Crippen LogP contribution in [0.1, 0.15) is 33.6 Å². The van der Waals surface area contributed by atoms with Crippen LogP contribution in [0.3, 0.4) is 0 Å². The van der Waals surface area contributed by atoms with Crippen LogP contribution in [0.15, 0.2) is 18.2 Å². The number of likely N-dealkylation sites (tertiary alicyclic amines) is 1. The number of rotatable bonds is 4. The summed E-state index contributed by atoms with van der Waals surface area (Å²) in [5.41, 5.74) is -0.530. The van der Waals surface area contributed by atoms with E-state index in [9.17, 15) is 18.0 Å². The van der Waals surface area contributed by atoms with Gasteiger partial charge in [-0.3, -0.25) is 0 Å². The Hall–Kier alpha value is -2.12. The Bertz CT molecular complexity index is 678. The second-order valence-electron chi connectivity index (χ2n) is 8.09. The lowest BCUT2D eigenvalue weighted by Crippen LogP contribution is -2.36. The fourth-order valence-corrected chi connectivity index (χ4v) is 3.75. The molecule has 27 heavy (non-hydrogen) atoms. The molecule has 1 saturated heterocycles. The molecule has 1 unspecified atom stereocenters. The molecule has 1 aromatic rings. The average molecular weight is 387 g/mol. The fraction of sp³-hybridized carbons (Fsp3) is 0.632. The predicted molar refractivity (Wildman–Crippen MR) is 91.5 cm³/mol. The van der Waals surface area contributed by atoms with Gasteiger partial charge in [0.1, 0.15) is 11.4 Å². The van der Waals surface area contributed by atoms with Gasteiger partial charge < -0.3 is 19.1 Å². The van der Waals surface area contributed by atoms with Crippen molar-refractivity contribution in [1.29, 1.82) is 0 Å². The van der Waals surface area contributed by atoms with E-state index in [2.05, 4.69) is 4.74 Å². The zero-order valence-electron chi connectivity index (χ0n) is 15.6. The second-order valence-corrected chi connectivity index (χ2v) is 8.09. The third-order valence-electron chi connectivity index (χ3n) is 4.78. The first kappa shape index (κ1) is 19.6. The van der Waals surface area contributed by atoms with Gasteiger partial charge in [0.05, 0.1) is 6.10 Å². The van der Waals surface area contributed by atoms with Gasteiger partial charge in [-0.05, 0) is 57.6 Å². The van der Waals surface area contributed by atoms with Crippen molar-refractivity contribution >= 4 is 6.09 Å². The minimum atomic E-state index is -3.00. The Kier molecular flexibility index (Phi) is 5.44. The van der Waals surface area contributed by atoms with Gasteiger partial charge in [0.15, 0.2) is 11.6 Å². The molecule has 2 aliphatic rings. The highest BCUT2D eigenvalue weighted by Gasteiger charge is 2.44. The average Bonchev–Trinajstić information content (AvgIpc) is 3.06. The minimum Gasteiger partial charge on any atom is -0.487 e. The topological polar surface area (TPSA) is 48.0 Å². The quantitative estimate of drug-likeness (QED) is 0.766. The fourth-order valence-electron chi connectivity index (χ4n) is 3.75. The normalized spacial score (nSPS) is 24.9. The van der Waals surface area contributed by atoms with Crippen molar-refractivity contribution in [3.8, 4) is 11.5 Å². The van der Waals surface area contributed by atoms with E-state index in [0.717, 1.165) is 6.07 Å². The molecule has 1 aliphatic carbocycles. The summed E-state index contributed by atoms with van der Waals surface area (Å²) in [6.45, 7) is 3.69. The van der Waals surface area contributed by atoms with Crippen molar-refractivity contribution in [3.63, 3.8) is 0 Å². The van der Waals surface area contributed by atoms with Gasteiger partial charge in [0.25, 0.3) is 0 Å². The smallest absolute Gasteiger partial charge is 0.410 e. The summed E-state index contributed by atoms with van der Waals surface area (Å²) in [4.78, 5) is 13.9. The highest BCUT2D eigenvalue weighted by atomic mass is 19.3. The summed E-state index contributed by atoms with van der Waals surface area (Å²) in [7, 11) is 0. The Morgan fingerprint density at radius 2 is 1.81 bits per heavy atom. The van der Waals surface area contributed by atoms with Gasteiger partial charge in [-0.25, -0.2) is 9.18 Å². The Labute approximate surface area is 156 Å². The molecule has 150 valence electrons. The molecule has 1 heterocycles. The number of hydrogen-bond acceptors (Lipinski definition) is 4. The van der Waals surface area contributed by atoms with Crippen LogP contribution in [-0.4, -0.2) is 42.4 Å². The zero-order valence-corrected chi connectivity index (χ0v) is 15.6. The summed E-state index contributed by atoms with van der Waals surface area (Å²) in [5, 5.41) is 0. The van der Waals surface area contributed by atoms with Crippen molar-refractivity contribution in [2.24, 2.45) is 11.8 Å². The standard InChI is InChI=1S/C19H24F3NO4/c1-19(2,3)27-18(24)23-9-11-6-14(7-12(11)10-23)25-16-5-4-13(8-15(16)20)26-17(21)22/h4-5,8,11-12,14,17H,6-7,9-10H2,1-3H3/t11-,12+,14?. The molecule has 0 bridgehead atoms. The molecule has 0 radical (unpaired) electrons. The SMILES string of the molecule is CC(C)(C)OC(=O)N1C[C@H]2CC(Oc3ccc(OC(F)F)cc3F)C[C@H]2C1. The molecule has 0 N–H and O–H groups in total. The molecular weight excluding hydrogens is 363 g/mol. The summed E-state index contributed by atoms with van der Waals surface area (Å²) >= 11 is 0. The van der Waals surface area contributed by atoms with Gasteiger partial charge in [-0.1, -0.05) is 0 Å². The first-order valence-electron chi connectivity index (χ1n) is 8.99. The highest BCUT2D eigenvalue weighted by Crippen LogP contribution is 2.40. The van der Waals surface area contributed by atoms with Crippen molar-refractivity contribution < 1.29 is 32.2 Å². The van der Waals surface area contributed by atoms with Gasteiger partial charge >= 0.3 is 12.7 Å². The van der Waals surface area contributed by atoms with Crippen molar-refractivity contribution in [2.45, 2.75) is 51.9 Å². The van der Waals surface area contributed by atoms with Crippen LogP contribution in [0, 0.1) is 17.7 Å². The third-order valence-corrected chi connectivity index (χ3v) is 4.78. The van der Waals surface area contributed by atoms with Gasteiger partial charge in [-0.2, -0.15) is 8.78 Å². The van der Waals surface area contributed by atoms with Crippen LogP contribution in [0.4, 0.5) is 18.0 Å². The lowest BCUT2D eigenvalue weighted by atomic mass is 10.0. The lowest BCUT2D eigenvalue weighted by molar-refractivity contribution is -0.0500. The van der Waals surface area contributed by atoms with E-state index in [1.165, 1.54) is 12.1 Å². The molecule has 1 saturated carbocycles. The van der Waals surface area contributed by atoms with E-state index >= 15 is 0 Å². The number of fused-ring (bicyclic) bond motifs is 1. The molecule has 1 amide bonds. The van der Waals surface area contributed by atoms with E-state index in [0.29, 0.717) is 25.9 Å². The van der Waals surface area contributed by atoms with Crippen molar-refractivity contribution in [3.05, 3.63) is 24.0 Å². The molecular formula is C19H24F3NO4. The van der Waals surface area contributed by atoms with Crippen LogP contribution in [0.5, 0.6) is 11.5 Å². The Morgan fingerprint density at radius 1 is 1.19 bits per heavy atom. The number of ether oxygens (including phenoxy) is 3. The van der Waals surface area contributed by atoms with E-state index < -0.39 is 18.0 Å². The van der Waals surface area contributed by atoms with Crippen molar-refractivity contribution in [1.82, 2.24) is 4.90 Å². The molecule has 3 rings (SSSR count). The van der Waals surface area contributed by atoms with Crippen molar-refractivity contribution in [2.75, 3.05) is 13.1 Å². The van der Waals surface area contributed by atoms with E-state index in [1.54, 1.807) is 4.90 Å². The highest BCUT2D eigenvalue weighted by molar-refractivity contribution is 5.68. The Morgan fingerprint density at radius 3 is 2.33 bits per heavy atom. The number of halogens is 3. The lowest BCUT2D eigenvalue weighted by Gasteiger charge is -2.25. The second kappa shape index (κ2) is 7.48. The Balaban J connectivity index is 1.53. The first-order chi connectivity index (χ1) is 12.6. The molecule has 5 nitrogen and oxygen atoms in total. The largest absolute Gasteiger partial charge is 0.487 e. The van der Waals surface area contributed by atoms with Gasteiger partial charge in [-0.15, -0.1) is 0 Å². The number of hydrogen-bond donors (Lipinski definition) is 0. The maximum absolute atomic E-state index is 14.1. The third kappa shape index (κ3) is 4.99. The summed E-state index contributed by atoms with van der Waals surface area (Å²) < 4.78 is 53.7. The molecule has 0 spiro atoms. The summed E-state index contributed by atoms with van der Waals surface area (Å²) in [5.74, 6) is -0.392. The zero-order chi connectivity index (χ0) is 19.8. The molecule has 0 aromatic heterocycles. The molecule has 3 atom stereocenters. The monoisotopic (exact) mass is 387 g/mol. The first-order valence-corrected chi connectivity index (χ1v) is 8.99. The molecule has 2 fully saturated rings. The number of benzene rings is 1. The summed E-state index contributed by atoms with van der Waals surface area (Å²) in [6.07, 6.45) is 0.935. The maximum atomic E-state index is 14.1. The predicted octanol–water partition coefficient (Wildman–Crippen LogP) is 4.45. The van der Waals surface area contributed by atoms with E-state index in [-0.39, 0.29) is 35.5 Å². The van der Waals surface area contributed by atoms with E-state index in [1.807, 2.05) is 20.8 Å². The van der Waals surface area contributed by atoms with Crippen LogP contribution in [0.25, 0.3) is 0 Å². The van der Waals surface area contributed by atoms with Crippen LogP contribution < -0.4 is 9.47 Å². The number of alkyl halides is 2. The minimum absolute atomic E-state index is 0.0191. The number of carbonyl (C=O) groups excluding carboxylic acids is 1. The summed E-state index contributed by atoms with van der Waals surface area (Å²) in [6, 6.07) is 3.44. The molecule has 8 heteroatoms. The number of carbonyl (C=O) groups is 1. The van der Waals surface area contributed by atoms with Crippen LogP contribution in [-0.2, 0) is 4.74 Å². The van der Waals surface area contributed by atoms with Gasteiger partial charge in [0, 0.05) is 19.2 Å². The number of amides is 1. The van der Waals surface area contributed by atoms with Gasteiger partial charge in [0.2, 0.25) is 0 Å². The number of nitrogens with zero attached hydrogens (tertiary/aromatic N) is 1.